The number of aliphatic hydroxyl groups is 1. The molecular formula is C13H17ClO2. The summed E-state index contributed by atoms with van der Waals surface area (Å²) in [5.41, 5.74) is 0.652. The Hall–Kier alpha value is -0.570. The maximum atomic E-state index is 10.2. The van der Waals surface area contributed by atoms with Gasteiger partial charge in [0.2, 0.25) is 0 Å². The molecular weight excluding hydrogens is 224 g/mol. The average molecular weight is 241 g/mol. The van der Waals surface area contributed by atoms with Gasteiger partial charge in [0, 0.05) is 18.6 Å². The van der Waals surface area contributed by atoms with E-state index in [1.54, 1.807) is 7.11 Å². The smallest absolute Gasteiger partial charge is 0.0939 e. The van der Waals surface area contributed by atoms with Crippen molar-refractivity contribution in [3.8, 4) is 0 Å². The first-order valence-electron chi connectivity index (χ1n) is 5.64. The van der Waals surface area contributed by atoms with Crippen LogP contribution in [0.2, 0.25) is 5.02 Å². The molecule has 16 heavy (non-hydrogen) atoms. The van der Waals surface area contributed by atoms with Crippen molar-refractivity contribution in [3.63, 3.8) is 0 Å². The fraction of sp³-hybridized carbons (Fsp3) is 0.538. The third-order valence-corrected chi connectivity index (χ3v) is 3.95. The molecule has 0 aliphatic heterocycles. The molecule has 0 saturated heterocycles. The zero-order chi connectivity index (χ0) is 11.6. The normalized spacial score (nSPS) is 20.2. The molecule has 1 aromatic rings. The van der Waals surface area contributed by atoms with Crippen LogP contribution in [0.5, 0.6) is 0 Å². The summed E-state index contributed by atoms with van der Waals surface area (Å²) in [6.07, 6.45) is 3.11. The Bertz CT molecular complexity index is 355. The van der Waals surface area contributed by atoms with Crippen LogP contribution in [0.4, 0.5) is 0 Å². The highest BCUT2D eigenvalue weighted by Crippen LogP contribution is 2.39. The van der Waals surface area contributed by atoms with E-state index in [2.05, 4.69) is 0 Å². The van der Waals surface area contributed by atoms with Crippen LogP contribution in [0, 0.1) is 0 Å². The molecule has 0 bridgehead atoms. The summed E-state index contributed by atoms with van der Waals surface area (Å²) in [5, 5.41) is 10.9. The monoisotopic (exact) mass is 240 g/mol. The van der Waals surface area contributed by atoms with Gasteiger partial charge in [0.15, 0.2) is 0 Å². The van der Waals surface area contributed by atoms with Crippen molar-refractivity contribution >= 4 is 11.6 Å². The molecule has 88 valence electrons. The van der Waals surface area contributed by atoms with Gasteiger partial charge < -0.3 is 9.84 Å². The van der Waals surface area contributed by atoms with Gasteiger partial charge in [-0.15, -0.1) is 0 Å². The van der Waals surface area contributed by atoms with Crippen molar-refractivity contribution in [2.45, 2.75) is 37.4 Å². The summed E-state index contributed by atoms with van der Waals surface area (Å²) >= 11 is 6.07. The number of methoxy groups -OCH3 is 1. The Morgan fingerprint density at radius 2 is 2.12 bits per heavy atom. The molecule has 1 fully saturated rings. The van der Waals surface area contributed by atoms with E-state index in [4.69, 9.17) is 16.3 Å². The fourth-order valence-corrected chi connectivity index (χ4v) is 2.47. The highest BCUT2D eigenvalue weighted by molar-refractivity contribution is 6.31. The number of hydrogen-bond acceptors (Lipinski definition) is 2. The summed E-state index contributed by atoms with van der Waals surface area (Å²) in [5.74, 6) is 0. The lowest BCUT2D eigenvalue weighted by Gasteiger charge is -2.44. The number of rotatable bonds is 4. The van der Waals surface area contributed by atoms with E-state index in [0.717, 1.165) is 24.8 Å². The molecule has 1 N–H and O–H groups in total. The Morgan fingerprint density at radius 3 is 2.62 bits per heavy atom. The van der Waals surface area contributed by atoms with Crippen molar-refractivity contribution in [3.05, 3.63) is 34.9 Å². The van der Waals surface area contributed by atoms with Gasteiger partial charge in [-0.25, -0.2) is 0 Å². The minimum Gasteiger partial charge on any atom is -0.390 e. The molecule has 3 heteroatoms. The first kappa shape index (κ1) is 11.9. The molecule has 1 saturated carbocycles. The molecule has 2 nitrogen and oxygen atoms in total. The van der Waals surface area contributed by atoms with Gasteiger partial charge in [0.25, 0.3) is 0 Å². The second-order valence-electron chi connectivity index (χ2n) is 4.43. The maximum absolute atomic E-state index is 10.2. The summed E-state index contributed by atoms with van der Waals surface area (Å²) in [6.45, 7) is 0. The van der Waals surface area contributed by atoms with E-state index in [-0.39, 0.29) is 5.60 Å². The third-order valence-electron chi connectivity index (χ3n) is 3.58. The van der Waals surface area contributed by atoms with E-state index < -0.39 is 6.10 Å². The van der Waals surface area contributed by atoms with Crippen LogP contribution >= 0.6 is 11.6 Å². The largest absolute Gasteiger partial charge is 0.390 e. The van der Waals surface area contributed by atoms with E-state index in [9.17, 15) is 5.11 Å². The van der Waals surface area contributed by atoms with Crippen LogP contribution in [-0.2, 0) is 11.2 Å². The van der Waals surface area contributed by atoms with Gasteiger partial charge >= 0.3 is 0 Å². The van der Waals surface area contributed by atoms with Crippen molar-refractivity contribution in [1.82, 2.24) is 0 Å². The standard InChI is InChI=1S/C13H17ClO2/c1-16-13(7-4-8-13)12(15)9-10-5-2-3-6-11(10)14/h2-3,5-6,12,15H,4,7-9H2,1H3. The van der Waals surface area contributed by atoms with Gasteiger partial charge in [0.05, 0.1) is 11.7 Å². The topological polar surface area (TPSA) is 29.5 Å². The average Bonchev–Trinajstić information content (AvgIpc) is 2.21. The van der Waals surface area contributed by atoms with Crippen molar-refractivity contribution < 1.29 is 9.84 Å². The van der Waals surface area contributed by atoms with Crippen LogP contribution in [0.25, 0.3) is 0 Å². The number of benzene rings is 1. The minimum atomic E-state index is -0.467. The van der Waals surface area contributed by atoms with Gasteiger partial charge in [-0.3, -0.25) is 0 Å². The zero-order valence-corrected chi connectivity index (χ0v) is 10.2. The first-order valence-corrected chi connectivity index (χ1v) is 6.02. The maximum Gasteiger partial charge on any atom is 0.0939 e. The molecule has 0 radical (unpaired) electrons. The molecule has 0 amide bonds. The molecule has 1 atom stereocenters. The summed E-state index contributed by atoms with van der Waals surface area (Å²) in [4.78, 5) is 0. The minimum absolute atomic E-state index is 0.334. The van der Waals surface area contributed by atoms with E-state index in [1.165, 1.54) is 0 Å². The van der Waals surface area contributed by atoms with Crippen LogP contribution in [0.15, 0.2) is 24.3 Å². The quantitative estimate of drug-likeness (QED) is 0.877. The summed E-state index contributed by atoms with van der Waals surface area (Å²) < 4.78 is 5.45. The number of aliphatic hydroxyl groups excluding tert-OH is 1. The fourth-order valence-electron chi connectivity index (χ4n) is 2.26. The highest BCUT2D eigenvalue weighted by Gasteiger charge is 2.43. The molecule has 0 heterocycles. The summed E-state index contributed by atoms with van der Waals surface area (Å²) in [7, 11) is 1.68. The zero-order valence-electron chi connectivity index (χ0n) is 9.45. The number of hydrogen-bond donors (Lipinski definition) is 1. The molecule has 0 aromatic heterocycles. The first-order chi connectivity index (χ1) is 7.68. The van der Waals surface area contributed by atoms with E-state index >= 15 is 0 Å². The van der Waals surface area contributed by atoms with Crippen LogP contribution in [0.1, 0.15) is 24.8 Å². The predicted octanol–water partition coefficient (Wildman–Crippen LogP) is 2.81. The highest BCUT2D eigenvalue weighted by atomic mass is 35.5. The van der Waals surface area contributed by atoms with Gasteiger partial charge in [0.1, 0.15) is 0 Å². The van der Waals surface area contributed by atoms with Gasteiger partial charge in [-0.05, 0) is 30.9 Å². The lowest BCUT2D eigenvalue weighted by Crippen LogP contribution is -2.50. The Balaban J connectivity index is 2.07. The molecule has 1 aliphatic rings. The molecule has 1 aromatic carbocycles. The molecule has 1 unspecified atom stereocenters. The van der Waals surface area contributed by atoms with Crippen LogP contribution < -0.4 is 0 Å². The SMILES string of the molecule is COC1(C(O)Cc2ccccc2Cl)CCC1. The van der Waals surface area contributed by atoms with E-state index in [0.29, 0.717) is 11.4 Å². The van der Waals surface area contributed by atoms with Crippen molar-refractivity contribution in [2.75, 3.05) is 7.11 Å². The van der Waals surface area contributed by atoms with Crippen LogP contribution in [-0.4, -0.2) is 23.9 Å². The second-order valence-corrected chi connectivity index (χ2v) is 4.84. The second kappa shape index (κ2) is 4.74. The van der Waals surface area contributed by atoms with E-state index in [1.807, 2.05) is 24.3 Å². The molecule has 2 rings (SSSR count). The number of ether oxygens (including phenoxy) is 1. The molecule has 1 aliphatic carbocycles. The third kappa shape index (κ3) is 2.10. The Morgan fingerprint density at radius 1 is 1.44 bits per heavy atom. The van der Waals surface area contributed by atoms with Crippen LogP contribution in [0.3, 0.4) is 0 Å². The van der Waals surface area contributed by atoms with Gasteiger partial charge in [-0.2, -0.15) is 0 Å². The van der Waals surface area contributed by atoms with Crippen molar-refractivity contribution in [1.29, 1.82) is 0 Å². The summed E-state index contributed by atoms with van der Waals surface area (Å²) in [6, 6.07) is 7.64. The number of halogens is 1. The predicted molar refractivity (Wildman–Crippen MR) is 64.8 cm³/mol. The van der Waals surface area contributed by atoms with Crippen molar-refractivity contribution in [2.24, 2.45) is 0 Å². The Labute approximate surface area is 101 Å². The molecule has 0 spiro atoms. The Kier molecular flexibility index (Phi) is 3.53. The lowest BCUT2D eigenvalue weighted by molar-refractivity contribution is -0.148. The van der Waals surface area contributed by atoms with Gasteiger partial charge in [-0.1, -0.05) is 29.8 Å². The lowest BCUT2D eigenvalue weighted by atomic mass is 9.74.